The van der Waals surface area contributed by atoms with E-state index in [0.29, 0.717) is 22.4 Å². The number of sulfonamides is 1. The normalized spacial score (nSPS) is 16.0. The van der Waals surface area contributed by atoms with E-state index in [-0.39, 0.29) is 29.9 Å². The summed E-state index contributed by atoms with van der Waals surface area (Å²) in [6.45, 7) is 0.280. The monoisotopic (exact) mass is 401 g/mol. The van der Waals surface area contributed by atoms with Crippen molar-refractivity contribution in [2.45, 2.75) is 36.8 Å². The largest absolute Gasteiger partial charge is 0.491 e. The smallest absolute Gasteiger partial charge is 0.423 e. The van der Waals surface area contributed by atoms with Crippen LogP contribution in [-0.2, 0) is 32.5 Å². The van der Waals surface area contributed by atoms with Gasteiger partial charge in [-0.2, -0.15) is 0 Å². The maximum absolute atomic E-state index is 13.0. The van der Waals surface area contributed by atoms with E-state index in [4.69, 9.17) is 10.4 Å². The van der Waals surface area contributed by atoms with E-state index in [1.165, 1.54) is 18.2 Å². The molecule has 28 heavy (non-hydrogen) atoms. The van der Waals surface area contributed by atoms with E-state index < -0.39 is 17.1 Å². The quantitative estimate of drug-likeness (QED) is 0.402. The van der Waals surface area contributed by atoms with Crippen molar-refractivity contribution in [1.29, 1.82) is 0 Å². The first-order valence-corrected chi connectivity index (χ1v) is 10.4. The van der Waals surface area contributed by atoms with Crippen LogP contribution in [0.1, 0.15) is 24.0 Å². The Bertz CT molecular complexity index is 1040. The lowest BCUT2D eigenvalue weighted by Gasteiger charge is -2.14. The molecule has 0 radical (unpaired) electrons. The molecular weight excluding hydrogens is 381 g/mol. The zero-order valence-corrected chi connectivity index (χ0v) is 15.8. The number of rotatable bonds is 6. The molecule has 1 saturated carbocycles. The molecule has 2 aromatic rings. The molecule has 0 unspecified atom stereocenters. The molecule has 1 fully saturated rings. The van der Waals surface area contributed by atoms with Gasteiger partial charge in [0, 0.05) is 17.4 Å². The Hall–Kier alpha value is -2.56. The fourth-order valence-corrected chi connectivity index (χ4v) is 4.44. The standard InChI is InChI=1S/C18H20BN3O5S/c20-13-2-6-17(12(7-13)8-18(23)21-14-4-5-14)28(25,26)22-15-3-1-11-10-27-19(24)16(11)9-15/h1-3,6-7,9,14,22,24H,4-5,8,10,20H2,(H,21,23). The Balaban J connectivity index is 1.60. The second-order valence-corrected chi connectivity index (χ2v) is 8.72. The van der Waals surface area contributed by atoms with E-state index >= 15 is 0 Å². The third-order valence-electron chi connectivity index (χ3n) is 4.73. The van der Waals surface area contributed by atoms with Crippen molar-refractivity contribution in [1.82, 2.24) is 5.32 Å². The van der Waals surface area contributed by atoms with Gasteiger partial charge < -0.3 is 20.7 Å². The SMILES string of the molecule is Nc1ccc(S(=O)(=O)Nc2ccc3c(c2)B(O)OC3)c(CC(=O)NC2CC2)c1. The number of carbonyl (C=O) groups is 1. The molecule has 0 atom stereocenters. The molecule has 1 aliphatic heterocycles. The lowest BCUT2D eigenvalue weighted by atomic mass is 9.79. The Kier molecular flexibility index (Phi) is 4.78. The van der Waals surface area contributed by atoms with Crippen molar-refractivity contribution < 1.29 is 22.9 Å². The fraction of sp³-hybridized carbons (Fsp3) is 0.278. The molecule has 0 aromatic heterocycles. The minimum absolute atomic E-state index is 0.00931. The summed E-state index contributed by atoms with van der Waals surface area (Å²) in [5.74, 6) is -0.234. The van der Waals surface area contributed by atoms with Gasteiger partial charge in [-0.3, -0.25) is 9.52 Å². The number of nitrogen functional groups attached to an aromatic ring is 1. The lowest BCUT2D eigenvalue weighted by molar-refractivity contribution is -0.120. The van der Waals surface area contributed by atoms with Crippen molar-refractivity contribution in [3.63, 3.8) is 0 Å². The van der Waals surface area contributed by atoms with Crippen LogP contribution in [0.15, 0.2) is 41.3 Å². The van der Waals surface area contributed by atoms with Crippen molar-refractivity contribution in [2.75, 3.05) is 10.5 Å². The number of nitrogens with two attached hydrogens (primary N) is 1. The molecule has 8 nitrogen and oxygen atoms in total. The third kappa shape index (κ3) is 3.98. The third-order valence-corrected chi connectivity index (χ3v) is 6.21. The Morgan fingerprint density at radius 2 is 2.04 bits per heavy atom. The van der Waals surface area contributed by atoms with Crippen molar-refractivity contribution in [3.05, 3.63) is 47.5 Å². The molecule has 2 aliphatic rings. The van der Waals surface area contributed by atoms with Crippen LogP contribution in [0.4, 0.5) is 11.4 Å². The van der Waals surface area contributed by atoms with Gasteiger partial charge in [0.2, 0.25) is 5.91 Å². The molecule has 5 N–H and O–H groups in total. The predicted octanol–water partition coefficient (Wildman–Crippen LogP) is 0.108. The number of hydrogen-bond acceptors (Lipinski definition) is 6. The molecule has 0 spiro atoms. The molecule has 1 amide bonds. The molecule has 10 heteroatoms. The zero-order chi connectivity index (χ0) is 19.9. The van der Waals surface area contributed by atoms with Crippen LogP contribution in [0.25, 0.3) is 0 Å². The molecule has 2 aromatic carbocycles. The number of nitrogens with one attached hydrogen (secondary N) is 2. The van der Waals surface area contributed by atoms with E-state index in [1.807, 2.05) is 0 Å². The van der Waals surface area contributed by atoms with Gasteiger partial charge in [-0.1, -0.05) is 6.07 Å². The van der Waals surface area contributed by atoms with Gasteiger partial charge in [-0.15, -0.1) is 0 Å². The van der Waals surface area contributed by atoms with Crippen LogP contribution in [0, 0.1) is 0 Å². The molecular formula is C18H20BN3O5S. The highest BCUT2D eigenvalue weighted by Gasteiger charge is 2.29. The number of anilines is 2. The summed E-state index contributed by atoms with van der Waals surface area (Å²) >= 11 is 0. The second-order valence-electron chi connectivity index (χ2n) is 7.07. The van der Waals surface area contributed by atoms with Crippen LogP contribution in [0.5, 0.6) is 0 Å². The van der Waals surface area contributed by atoms with Gasteiger partial charge in [0.05, 0.1) is 17.9 Å². The number of benzene rings is 2. The fourth-order valence-electron chi connectivity index (χ4n) is 3.17. The first-order chi connectivity index (χ1) is 13.3. The lowest BCUT2D eigenvalue weighted by Crippen LogP contribution is -2.29. The zero-order valence-electron chi connectivity index (χ0n) is 15.0. The van der Waals surface area contributed by atoms with Gasteiger partial charge in [0.1, 0.15) is 0 Å². The van der Waals surface area contributed by atoms with Crippen molar-refractivity contribution >= 4 is 39.9 Å². The van der Waals surface area contributed by atoms with Gasteiger partial charge in [-0.25, -0.2) is 8.42 Å². The predicted molar refractivity (Wildman–Crippen MR) is 105 cm³/mol. The molecule has 4 rings (SSSR count). The number of hydrogen-bond donors (Lipinski definition) is 4. The highest BCUT2D eigenvalue weighted by molar-refractivity contribution is 7.92. The maximum atomic E-state index is 13.0. The topological polar surface area (TPSA) is 131 Å². The Labute approximate surface area is 163 Å². The van der Waals surface area contributed by atoms with E-state index in [1.54, 1.807) is 18.2 Å². The molecule has 1 aliphatic carbocycles. The number of amides is 1. The van der Waals surface area contributed by atoms with Gasteiger partial charge in [-0.05, 0) is 59.8 Å². The Morgan fingerprint density at radius 1 is 1.25 bits per heavy atom. The summed E-state index contributed by atoms with van der Waals surface area (Å²) < 4.78 is 33.5. The van der Waals surface area contributed by atoms with Crippen molar-refractivity contribution in [3.8, 4) is 0 Å². The molecule has 1 heterocycles. The minimum Gasteiger partial charge on any atom is -0.423 e. The van der Waals surface area contributed by atoms with Gasteiger partial charge >= 0.3 is 7.12 Å². The highest BCUT2D eigenvalue weighted by atomic mass is 32.2. The summed E-state index contributed by atoms with van der Waals surface area (Å²) in [4.78, 5) is 12.2. The summed E-state index contributed by atoms with van der Waals surface area (Å²) in [7, 11) is -5.03. The first-order valence-electron chi connectivity index (χ1n) is 8.95. The van der Waals surface area contributed by atoms with Crippen LogP contribution in [-0.4, -0.2) is 32.5 Å². The van der Waals surface area contributed by atoms with E-state index in [9.17, 15) is 18.2 Å². The van der Waals surface area contributed by atoms with E-state index in [0.717, 1.165) is 18.4 Å². The highest BCUT2D eigenvalue weighted by Crippen LogP contribution is 2.24. The minimum atomic E-state index is -3.96. The summed E-state index contributed by atoms with van der Waals surface area (Å²) in [5.41, 5.74) is 8.14. The maximum Gasteiger partial charge on any atom is 0.491 e. The summed E-state index contributed by atoms with van der Waals surface area (Å²) in [5, 5.41) is 12.7. The van der Waals surface area contributed by atoms with Crippen molar-refractivity contribution in [2.24, 2.45) is 0 Å². The summed E-state index contributed by atoms with van der Waals surface area (Å²) in [6, 6.07) is 9.42. The van der Waals surface area contributed by atoms with Gasteiger partial charge in [0.25, 0.3) is 10.0 Å². The summed E-state index contributed by atoms with van der Waals surface area (Å²) in [6.07, 6.45) is 1.82. The Morgan fingerprint density at radius 3 is 2.79 bits per heavy atom. The molecule has 0 saturated heterocycles. The average Bonchev–Trinajstić information content (AvgIpc) is 3.36. The average molecular weight is 401 g/mol. The number of fused-ring (bicyclic) bond motifs is 1. The molecule has 146 valence electrons. The van der Waals surface area contributed by atoms with Crippen LogP contribution in [0.3, 0.4) is 0 Å². The number of carbonyl (C=O) groups excluding carboxylic acids is 1. The second kappa shape index (κ2) is 7.12. The molecule has 0 bridgehead atoms. The van der Waals surface area contributed by atoms with Crippen LogP contribution in [0.2, 0.25) is 0 Å². The first kappa shape index (κ1) is 18.8. The van der Waals surface area contributed by atoms with Crippen LogP contribution >= 0.6 is 0 Å². The van der Waals surface area contributed by atoms with E-state index in [2.05, 4.69) is 10.0 Å². The van der Waals surface area contributed by atoms with Gasteiger partial charge in [0.15, 0.2) is 0 Å². The van der Waals surface area contributed by atoms with Crippen LogP contribution < -0.4 is 21.2 Å².